The normalized spacial score (nSPS) is 15.5. The van der Waals surface area contributed by atoms with Gasteiger partial charge in [0.15, 0.2) is 11.5 Å². The van der Waals surface area contributed by atoms with Crippen LogP contribution < -0.4 is 20.1 Å². The number of nitrogens with zero attached hydrogens (tertiary/aromatic N) is 3. The van der Waals surface area contributed by atoms with Gasteiger partial charge in [-0.25, -0.2) is 4.79 Å². The van der Waals surface area contributed by atoms with Crippen molar-refractivity contribution < 1.29 is 33.4 Å². The monoisotopic (exact) mass is 601 g/mol. The molecule has 0 spiro atoms. The van der Waals surface area contributed by atoms with Crippen LogP contribution in [0, 0.1) is 0 Å². The van der Waals surface area contributed by atoms with E-state index in [1.165, 1.54) is 14.2 Å². The smallest absolute Gasteiger partial charge is 0.337 e. The van der Waals surface area contributed by atoms with E-state index in [1.807, 2.05) is 11.1 Å². The van der Waals surface area contributed by atoms with E-state index in [4.69, 9.17) is 9.47 Å². The summed E-state index contributed by atoms with van der Waals surface area (Å²) < 4.78 is 17.7. The van der Waals surface area contributed by atoms with Gasteiger partial charge in [0.25, 0.3) is 11.8 Å². The fourth-order valence-electron chi connectivity index (χ4n) is 5.28. The number of hydrogen-bond donors (Lipinski definition) is 2. The molecule has 0 bridgehead atoms. The number of benzene rings is 2. The van der Waals surface area contributed by atoms with Gasteiger partial charge in [0.05, 0.1) is 49.4 Å². The van der Waals surface area contributed by atoms with Crippen LogP contribution in [0.1, 0.15) is 63.3 Å². The second kappa shape index (κ2) is 13.4. The van der Waals surface area contributed by atoms with Crippen molar-refractivity contribution in [2.24, 2.45) is 12.0 Å². The number of aromatic nitrogens is 1. The second-order valence-electron chi connectivity index (χ2n) is 10.6. The summed E-state index contributed by atoms with van der Waals surface area (Å²) in [5, 5.41) is 5.59. The minimum atomic E-state index is -0.464. The Hall–Kier alpha value is -5.13. The molecule has 2 aliphatic heterocycles. The Morgan fingerprint density at radius 3 is 2.55 bits per heavy atom. The largest absolute Gasteiger partial charge is 0.493 e. The highest BCUT2D eigenvalue weighted by atomic mass is 16.5. The first kappa shape index (κ1) is 30.3. The molecule has 1 aromatic heterocycles. The molecule has 2 N–H and O–H groups in total. The van der Waals surface area contributed by atoms with Crippen LogP contribution in [-0.4, -0.2) is 72.8 Å². The Balaban J connectivity index is 1.13. The third kappa shape index (κ3) is 6.74. The van der Waals surface area contributed by atoms with Crippen LogP contribution in [0.25, 0.3) is 0 Å². The van der Waals surface area contributed by atoms with Crippen molar-refractivity contribution in [2.75, 3.05) is 38.0 Å². The number of methoxy groups -OCH3 is 2. The van der Waals surface area contributed by atoms with Crippen LogP contribution >= 0.6 is 0 Å². The zero-order valence-corrected chi connectivity index (χ0v) is 24.9. The Morgan fingerprint density at radius 1 is 1.00 bits per heavy atom. The van der Waals surface area contributed by atoms with E-state index >= 15 is 0 Å². The van der Waals surface area contributed by atoms with E-state index in [1.54, 1.807) is 60.3 Å². The molecule has 5 rings (SSSR count). The van der Waals surface area contributed by atoms with Gasteiger partial charge in [-0.15, -0.1) is 0 Å². The minimum Gasteiger partial charge on any atom is -0.493 e. The number of aliphatic imine (C=N–C) groups is 1. The van der Waals surface area contributed by atoms with E-state index in [2.05, 4.69) is 20.4 Å². The van der Waals surface area contributed by atoms with Crippen molar-refractivity contribution in [3.8, 4) is 11.5 Å². The van der Waals surface area contributed by atoms with Gasteiger partial charge in [-0.1, -0.05) is 0 Å². The molecule has 0 unspecified atom stereocenters. The average molecular weight is 602 g/mol. The zero-order chi connectivity index (χ0) is 31.2. The topological polar surface area (TPSA) is 141 Å². The predicted octanol–water partition coefficient (Wildman–Crippen LogP) is 4.58. The van der Waals surface area contributed by atoms with Crippen LogP contribution in [0.15, 0.2) is 53.7 Å². The minimum absolute atomic E-state index is 0.000653. The first-order valence-electron chi connectivity index (χ1n) is 14.4. The number of amides is 3. The number of esters is 1. The highest BCUT2D eigenvalue weighted by Gasteiger charge is 2.31. The van der Waals surface area contributed by atoms with Crippen molar-refractivity contribution >= 4 is 47.0 Å². The van der Waals surface area contributed by atoms with Gasteiger partial charge in [-0.05, 0) is 62.1 Å². The number of rotatable bonds is 10. The maximum absolute atomic E-state index is 13.2. The fraction of sp³-hybridized carbons (Fsp3) is 0.344. The highest BCUT2D eigenvalue weighted by molar-refractivity contribution is 6.05. The lowest BCUT2D eigenvalue weighted by atomic mass is 10.0. The summed E-state index contributed by atoms with van der Waals surface area (Å²) in [6.45, 7) is 0.954. The lowest BCUT2D eigenvalue weighted by Gasteiger charge is -2.32. The molecule has 3 heterocycles. The molecule has 3 aromatic rings. The number of ether oxygens (including phenoxy) is 3. The molecule has 0 aliphatic carbocycles. The highest BCUT2D eigenvalue weighted by Crippen LogP contribution is 2.38. The third-order valence-corrected chi connectivity index (χ3v) is 7.60. The molecule has 2 aromatic carbocycles. The quantitative estimate of drug-likeness (QED) is 0.256. The van der Waals surface area contributed by atoms with E-state index < -0.39 is 5.97 Å². The molecular formula is C32H35N5O7. The van der Waals surface area contributed by atoms with Crippen LogP contribution in [0.4, 0.5) is 17.1 Å². The van der Waals surface area contributed by atoms with E-state index in [0.717, 1.165) is 19.3 Å². The number of nitrogens with one attached hydrogen (secondary N) is 2. The first-order valence-corrected chi connectivity index (χ1v) is 14.4. The SMILES string of the molecule is COC(=O)c1ccc(NC(=O)c2cc(NC(=O)CCCOc3cc4c(cc3OC)C(=O)N3CCCC[C@H]3C=N4)cn2C)cc1. The van der Waals surface area contributed by atoms with E-state index in [9.17, 15) is 19.2 Å². The summed E-state index contributed by atoms with van der Waals surface area (Å²) in [6, 6.07) is 11.3. The standard InChI is InChI=1S/C32H35N5O7/c1-36-19-22(15-26(36)30(39)35-21-11-9-20(10-12-21)32(41)43-3)34-29(38)8-6-14-44-28-17-25-24(16-27(28)42-2)31(40)37-13-5-4-7-23(37)18-33-25/h9-12,15-19,23H,4-8,13-14H2,1-3H3,(H,34,38)(H,35,39)/t23-/m0/s1. The number of aryl methyl sites for hydroxylation is 1. The summed E-state index contributed by atoms with van der Waals surface area (Å²) in [4.78, 5) is 56.7. The maximum atomic E-state index is 13.2. The zero-order valence-electron chi connectivity index (χ0n) is 24.9. The number of anilines is 2. The Kier molecular flexibility index (Phi) is 9.27. The van der Waals surface area contributed by atoms with Crippen molar-refractivity contribution in [1.29, 1.82) is 0 Å². The Morgan fingerprint density at radius 2 is 1.80 bits per heavy atom. The van der Waals surface area contributed by atoms with Crippen LogP contribution in [0.3, 0.4) is 0 Å². The molecule has 12 heteroatoms. The molecule has 3 amide bonds. The van der Waals surface area contributed by atoms with E-state index in [0.29, 0.717) is 58.3 Å². The van der Waals surface area contributed by atoms with Crippen molar-refractivity contribution in [1.82, 2.24) is 9.47 Å². The van der Waals surface area contributed by atoms with Gasteiger partial charge in [0.2, 0.25) is 5.91 Å². The van der Waals surface area contributed by atoms with Crippen molar-refractivity contribution in [2.45, 2.75) is 38.1 Å². The molecule has 230 valence electrons. The van der Waals surface area contributed by atoms with E-state index in [-0.39, 0.29) is 36.8 Å². The van der Waals surface area contributed by atoms with Gasteiger partial charge in [-0.2, -0.15) is 0 Å². The molecule has 2 aliphatic rings. The number of carbonyl (C=O) groups is 4. The van der Waals surface area contributed by atoms with Crippen molar-refractivity contribution in [3.05, 3.63) is 65.5 Å². The van der Waals surface area contributed by atoms with Crippen molar-refractivity contribution in [3.63, 3.8) is 0 Å². The van der Waals surface area contributed by atoms with Crippen LogP contribution in [0.5, 0.6) is 11.5 Å². The molecule has 0 radical (unpaired) electrons. The van der Waals surface area contributed by atoms with Gasteiger partial charge >= 0.3 is 5.97 Å². The summed E-state index contributed by atoms with van der Waals surface area (Å²) in [5.41, 5.74) is 2.73. The summed E-state index contributed by atoms with van der Waals surface area (Å²) in [5.74, 6) is -0.237. The Bertz CT molecular complexity index is 1590. The lowest BCUT2D eigenvalue weighted by molar-refractivity contribution is -0.116. The molecule has 1 fully saturated rings. The number of hydrogen-bond acceptors (Lipinski definition) is 8. The van der Waals surface area contributed by atoms with Gasteiger partial charge in [-0.3, -0.25) is 19.4 Å². The molecule has 1 atom stereocenters. The van der Waals surface area contributed by atoms with Crippen LogP contribution in [0.2, 0.25) is 0 Å². The summed E-state index contributed by atoms with van der Waals surface area (Å²) in [6.07, 6.45) is 7.05. The molecule has 1 saturated heterocycles. The summed E-state index contributed by atoms with van der Waals surface area (Å²) >= 11 is 0. The average Bonchev–Trinajstić information content (AvgIpc) is 3.34. The van der Waals surface area contributed by atoms with Gasteiger partial charge < -0.3 is 34.3 Å². The molecular weight excluding hydrogens is 566 g/mol. The lowest BCUT2D eigenvalue weighted by Crippen LogP contribution is -2.43. The fourth-order valence-corrected chi connectivity index (χ4v) is 5.28. The maximum Gasteiger partial charge on any atom is 0.337 e. The Labute approximate surface area is 255 Å². The van der Waals surface area contributed by atoms with Gasteiger partial charge in [0.1, 0.15) is 5.69 Å². The number of carbonyl (C=O) groups excluding carboxylic acids is 4. The molecule has 44 heavy (non-hydrogen) atoms. The molecule has 0 saturated carbocycles. The number of fused-ring (bicyclic) bond motifs is 2. The second-order valence-corrected chi connectivity index (χ2v) is 10.6. The number of piperidine rings is 1. The third-order valence-electron chi connectivity index (χ3n) is 7.60. The van der Waals surface area contributed by atoms with Gasteiger partial charge in [0, 0.05) is 44.2 Å². The first-order chi connectivity index (χ1) is 21.3. The summed E-state index contributed by atoms with van der Waals surface area (Å²) in [7, 11) is 4.52. The predicted molar refractivity (Wildman–Crippen MR) is 164 cm³/mol. The molecule has 12 nitrogen and oxygen atoms in total. The van der Waals surface area contributed by atoms with Crippen LogP contribution in [-0.2, 0) is 16.6 Å².